The van der Waals surface area contributed by atoms with Gasteiger partial charge in [-0.15, -0.1) is 0 Å². The zero-order valence-electron chi connectivity index (χ0n) is 4.39. The van der Waals surface area contributed by atoms with Crippen molar-refractivity contribution in [3.05, 3.63) is 0 Å². The van der Waals surface area contributed by atoms with E-state index < -0.39 is 6.29 Å². The summed E-state index contributed by atoms with van der Waals surface area (Å²) in [4.78, 5) is 0. The van der Waals surface area contributed by atoms with Crippen LogP contribution in [-0.4, -0.2) is 12.5 Å². The minimum absolute atomic E-state index is 0.125. The van der Waals surface area contributed by atoms with Gasteiger partial charge in [0.2, 0.25) is 0 Å². The highest BCUT2D eigenvalue weighted by atomic mass is 15.2. The van der Waals surface area contributed by atoms with Crippen molar-refractivity contribution >= 4 is 0 Å². The van der Waals surface area contributed by atoms with Gasteiger partial charge < -0.3 is 17.2 Å². The van der Waals surface area contributed by atoms with Crippen LogP contribution in [0.3, 0.4) is 0 Å². The average Bonchev–Trinajstić information content (AvgIpc) is 1.27. The smallest absolute Gasteiger partial charge is 0.108 e. The van der Waals surface area contributed by atoms with E-state index in [1.54, 1.807) is 6.92 Å². The highest BCUT2D eigenvalue weighted by Gasteiger charge is 1.92. The SMILES string of the molecule is CC(N)NC(N)N. The average molecular weight is 104 g/mol. The molecule has 4 heteroatoms. The van der Waals surface area contributed by atoms with Crippen LogP contribution in [0.5, 0.6) is 0 Å². The molecule has 0 rings (SSSR count). The maximum Gasteiger partial charge on any atom is 0.108 e. The van der Waals surface area contributed by atoms with Gasteiger partial charge in [0.05, 0.1) is 6.17 Å². The van der Waals surface area contributed by atoms with E-state index in [1.165, 1.54) is 0 Å². The molecule has 0 radical (unpaired) electrons. The van der Waals surface area contributed by atoms with Crippen LogP contribution in [-0.2, 0) is 0 Å². The maximum atomic E-state index is 5.22. The molecule has 0 aromatic rings. The summed E-state index contributed by atoms with van der Waals surface area (Å²) in [6.45, 7) is 1.77. The van der Waals surface area contributed by atoms with Crippen LogP contribution in [0, 0.1) is 0 Å². The van der Waals surface area contributed by atoms with Crippen molar-refractivity contribution in [3.63, 3.8) is 0 Å². The van der Waals surface area contributed by atoms with E-state index in [1.807, 2.05) is 0 Å². The monoisotopic (exact) mass is 104 g/mol. The Kier molecular flexibility index (Phi) is 2.86. The van der Waals surface area contributed by atoms with Crippen molar-refractivity contribution in [1.82, 2.24) is 5.32 Å². The predicted molar refractivity (Wildman–Crippen MR) is 28.9 cm³/mol. The molecule has 1 atom stereocenters. The summed E-state index contributed by atoms with van der Waals surface area (Å²) in [5, 5.41) is 2.64. The molecule has 0 aromatic heterocycles. The fourth-order valence-corrected chi connectivity index (χ4v) is 0.304. The standard InChI is InChI=1S/C3H12N4/c1-2(4)7-3(5)6/h2-3,7H,4-6H2,1H3. The number of hydrogen-bond donors (Lipinski definition) is 4. The van der Waals surface area contributed by atoms with Crippen LogP contribution in [0.4, 0.5) is 0 Å². The molecule has 0 aliphatic carbocycles. The Balaban J connectivity index is 2.95. The molecule has 0 saturated heterocycles. The van der Waals surface area contributed by atoms with Gasteiger partial charge in [-0.2, -0.15) is 0 Å². The molecule has 0 heterocycles. The van der Waals surface area contributed by atoms with Gasteiger partial charge >= 0.3 is 0 Å². The number of nitrogens with two attached hydrogens (primary N) is 3. The first-order chi connectivity index (χ1) is 3.13. The molecule has 7 N–H and O–H groups in total. The van der Waals surface area contributed by atoms with Gasteiger partial charge in [-0.25, -0.2) is 0 Å². The Morgan fingerprint density at radius 3 is 1.71 bits per heavy atom. The van der Waals surface area contributed by atoms with E-state index in [0.717, 1.165) is 0 Å². The van der Waals surface area contributed by atoms with Crippen LogP contribution >= 0.6 is 0 Å². The summed E-state index contributed by atoms with van der Waals surface area (Å²) in [6.07, 6.45) is -0.625. The van der Waals surface area contributed by atoms with E-state index in [4.69, 9.17) is 17.2 Å². The van der Waals surface area contributed by atoms with Gasteiger partial charge in [0.15, 0.2) is 0 Å². The van der Waals surface area contributed by atoms with Gasteiger partial charge in [-0.1, -0.05) is 0 Å². The lowest BCUT2D eigenvalue weighted by atomic mass is 10.6. The molecule has 0 spiro atoms. The summed E-state index contributed by atoms with van der Waals surface area (Å²) < 4.78 is 0. The molecule has 0 saturated carbocycles. The van der Waals surface area contributed by atoms with Crippen molar-refractivity contribution in [2.45, 2.75) is 19.4 Å². The molecule has 0 aromatic carbocycles. The van der Waals surface area contributed by atoms with E-state index in [-0.39, 0.29) is 6.17 Å². The summed E-state index contributed by atoms with van der Waals surface area (Å²) in [5.41, 5.74) is 15.4. The molecular formula is C3H12N4. The van der Waals surface area contributed by atoms with Gasteiger partial charge in [0.25, 0.3) is 0 Å². The molecule has 0 bridgehead atoms. The maximum absolute atomic E-state index is 5.22. The molecule has 0 fully saturated rings. The fourth-order valence-electron chi connectivity index (χ4n) is 0.304. The first kappa shape index (κ1) is 6.84. The lowest BCUT2D eigenvalue weighted by Gasteiger charge is -2.10. The Morgan fingerprint density at radius 1 is 1.29 bits per heavy atom. The van der Waals surface area contributed by atoms with Gasteiger partial charge in [0.1, 0.15) is 6.29 Å². The summed E-state index contributed by atoms with van der Waals surface area (Å²) in [6, 6.07) is 0. The zero-order chi connectivity index (χ0) is 5.86. The topological polar surface area (TPSA) is 90.1 Å². The largest absolute Gasteiger partial charge is 0.316 e. The predicted octanol–water partition coefficient (Wildman–Crippen LogP) is -1.92. The quantitative estimate of drug-likeness (QED) is 0.307. The molecular weight excluding hydrogens is 92.1 g/mol. The Hall–Kier alpha value is -0.160. The summed E-state index contributed by atoms with van der Waals surface area (Å²) in [7, 11) is 0. The lowest BCUT2D eigenvalue weighted by molar-refractivity contribution is 0.473. The van der Waals surface area contributed by atoms with Crippen molar-refractivity contribution < 1.29 is 0 Å². The van der Waals surface area contributed by atoms with Crippen molar-refractivity contribution in [2.75, 3.05) is 0 Å². The lowest BCUT2D eigenvalue weighted by Crippen LogP contribution is -2.52. The Labute approximate surface area is 43.0 Å². The van der Waals surface area contributed by atoms with Crippen LogP contribution in [0.25, 0.3) is 0 Å². The second-order valence-corrected chi connectivity index (χ2v) is 1.48. The van der Waals surface area contributed by atoms with E-state index in [9.17, 15) is 0 Å². The number of nitrogens with one attached hydrogen (secondary N) is 1. The van der Waals surface area contributed by atoms with Crippen molar-refractivity contribution in [1.29, 1.82) is 0 Å². The third kappa shape index (κ3) is 5.84. The minimum Gasteiger partial charge on any atom is -0.316 e. The second-order valence-electron chi connectivity index (χ2n) is 1.48. The molecule has 4 nitrogen and oxygen atoms in total. The van der Waals surface area contributed by atoms with Crippen LogP contribution in [0.2, 0.25) is 0 Å². The van der Waals surface area contributed by atoms with Crippen LogP contribution in [0.1, 0.15) is 6.92 Å². The van der Waals surface area contributed by atoms with Gasteiger partial charge in [-0.3, -0.25) is 5.32 Å². The molecule has 7 heavy (non-hydrogen) atoms. The molecule has 44 valence electrons. The van der Waals surface area contributed by atoms with E-state index in [2.05, 4.69) is 5.32 Å². The van der Waals surface area contributed by atoms with Crippen LogP contribution < -0.4 is 22.5 Å². The normalized spacial score (nSPS) is 15.0. The van der Waals surface area contributed by atoms with Crippen molar-refractivity contribution in [3.8, 4) is 0 Å². The van der Waals surface area contributed by atoms with E-state index >= 15 is 0 Å². The fraction of sp³-hybridized carbons (Fsp3) is 1.00. The van der Waals surface area contributed by atoms with Gasteiger partial charge in [0, 0.05) is 0 Å². The minimum atomic E-state index is -0.500. The molecule has 0 amide bonds. The highest BCUT2D eigenvalue weighted by Crippen LogP contribution is 1.60. The first-order valence-corrected chi connectivity index (χ1v) is 2.15. The number of rotatable bonds is 2. The number of hydrogen-bond acceptors (Lipinski definition) is 4. The Bertz CT molecular complexity index is 36.2. The third-order valence-corrected chi connectivity index (χ3v) is 0.455. The molecule has 1 unspecified atom stereocenters. The van der Waals surface area contributed by atoms with Crippen LogP contribution in [0.15, 0.2) is 0 Å². The summed E-state index contributed by atoms with van der Waals surface area (Å²) in [5.74, 6) is 0. The van der Waals surface area contributed by atoms with E-state index in [0.29, 0.717) is 0 Å². The second kappa shape index (κ2) is 2.92. The third-order valence-electron chi connectivity index (χ3n) is 0.455. The highest BCUT2D eigenvalue weighted by molar-refractivity contribution is 4.51. The molecule has 0 aliphatic rings. The Morgan fingerprint density at radius 2 is 1.71 bits per heavy atom. The van der Waals surface area contributed by atoms with Gasteiger partial charge in [-0.05, 0) is 6.92 Å². The van der Waals surface area contributed by atoms with Crippen molar-refractivity contribution in [2.24, 2.45) is 17.2 Å². The summed E-state index contributed by atoms with van der Waals surface area (Å²) >= 11 is 0. The first-order valence-electron chi connectivity index (χ1n) is 2.15. The molecule has 0 aliphatic heterocycles. The zero-order valence-corrected chi connectivity index (χ0v) is 4.39.